The lowest BCUT2D eigenvalue weighted by Gasteiger charge is -2.33. The second-order valence-electron chi connectivity index (χ2n) is 4.69. The van der Waals surface area contributed by atoms with Crippen LogP contribution in [0.2, 0.25) is 0 Å². The van der Waals surface area contributed by atoms with Crippen molar-refractivity contribution in [3.05, 3.63) is 11.6 Å². The maximum Gasteiger partial charge on any atom is 0.311 e. The Morgan fingerprint density at radius 3 is 2.79 bits per heavy atom. The largest absolute Gasteiger partial charge is 0.469 e. The highest BCUT2D eigenvalue weighted by Gasteiger charge is 2.41. The van der Waals surface area contributed by atoms with Gasteiger partial charge >= 0.3 is 5.97 Å². The van der Waals surface area contributed by atoms with Crippen molar-refractivity contribution in [2.24, 2.45) is 11.8 Å². The zero-order valence-corrected chi connectivity index (χ0v) is 10.8. The predicted molar refractivity (Wildman–Crippen MR) is 64.1 cm³/mol. The van der Waals surface area contributed by atoms with Crippen LogP contribution in [0, 0.1) is 11.8 Å². The molecule has 1 aliphatic heterocycles. The highest BCUT2D eigenvalue weighted by atomic mass is 16.7. The van der Waals surface area contributed by atoms with E-state index in [1.807, 2.05) is 0 Å². The summed E-state index contributed by atoms with van der Waals surface area (Å²) in [5, 5.41) is 9.99. The van der Waals surface area contributed by atoms with Gasteiger partial charge in [-0.25, -0.2) is 0 Å². The molecule has 1 aliphatic carbocycles. The highest BCUT2D eigenvalue weighted by molar-refractivity contribution is 5.80. The molecule has 2 aliphatic rings. The van der Waals surface area contributed by atoms with E-state index in [4.69, 9.17) is 14.2 Å². The molecule has 0 aromatic rings. The van der Waals surface area contributed by atoms with Gasteiger partial charge in [0.15, 0.2) is 6.29 Å². The number of aldehydes is 1. The topological polar surface area (TPSA) is 82.1 Å². The summed E-state index contributed by atoms with van der Waals surface area (Å²) >= 11 is 0. The third-order valence-corrected chi connectivity index (χ3v) is 3.62. The Bertz CT molecular complexity index is 371. The lowest BCUT2D eigenvalue weighted by Crippen LogP contribution is -2.40. The van der Waals surface area contributed by atoms with Crippen LogP contribution in [0.25, 0.3) is 0 Å². The van der Waals surface area contributed by atoms with Gasteiger partial charge in [-0.1, -0.05) is 6.08 Å². The number of esters is 1. The van der Waals surface area contributed by atoms with Crippen molar-refractivity contribution in [2.75, 3.05) is 20.3 Å². The van der Waals surface area contributed by atoms with Crippen molar-refractivity contribution in [2.45, 2.75) is 25.2 Å². The third-order valence-electron chi connectivity index (χ3n) is 3.62. The number of carbonyl (C=O) groups excluding carboxylic acids is 2. The van der Waals surface area contributed by atoms with Gasteiger partial charge in [0.25, 0.3) is 0 Å². The summed E-state index contributed by atoms with van der Waals surface area (Å²) in [6, 6.07) is 0. The van der Waals surface area contributed by atoms with Gasteiger partial charge < -0.3 is 19.3 Å². The molecule has 0 amide bonds. The van der Waals surface area contributed by atoms with Crippen molar-refractivity contribution >= 4 is 12.3 Å². The van der Waals surface area contributed by atoms with Gasteiger partial charge in [0, 0.05) is 12.3 Å². The number of carbonyl (C=O) groups is 2. The third kappa shape index (κ3) is 3.02. The minimum Gasteiger partial charge on any atom is -0.469 e. The van der Waals surface area contributed by atoms with Crippen molar-refractivity contribution < 1.29 is 28.9 Å². The zero-order chi connectivity index (χ0) is 13.8. The minimum absolute atomic E-state index is 0.275. The predicted octanol–water partition coefficient (Wildman–Crippen LogP) is 0.0447. The Hall–Kier alpha value is -1.24. The first-order chi connectivity index (χ1) is 9.17. The SMILES string of the molecule is COC(=O)[C@H]1[C@H](O)CC=C(C=O)[C@@H]1CC1OCCO1. The second-order valence-corrected chi connectivity index (χ2v) is 4.69. The molecule has 1 fully saturated rings. The lowest BCUT2D eigenvalue weighted by atomic mass is 9.75. The standard InChI is InChI=1S/C13H18O6/c1-17-13(16)12-9(6-11-18-4-5-19-11)8(7-14)2-3-10(12)15/h2,7,9-12,15H,3-6H2,1H3/t9-,10+,12+/m0/s1. The molecule has 0 unspecified atom stereocenters. The first-order valence-corrected chi connectivity index (χ1v) is 6.31. The quantitative estimate of drug-likeness (QED) is 0.574. The van der Waals surface area contributed by atoms with E-state index in [0.717, 1.165) is 6.29 Å². The van der Waals surface area contributed by atoms with Crippen LogP contribution in [-0.2, 0) is 23.8 Å². The van der Waals surface area contributed by atoms with E-state index >= 15 is 0 Å². The molecule has 1 heterocycles. The fourth-order valence-corrected chi connectivity index (χ4v) is 2.66. The van der Waals surface area contributed by atoms with Crippen LogP contribution < -0.4 is 0 Å². The fraction of sp³-hybridized carbons (Fsp3) is 0.692. The van der Waals surface area contributed by atoms with Gasteiger partial charge in [-0.05, 0) is 12.0 Å². The van der Waals surface area contributed by atoms with Crippen molar-refractivity contribution in [3.8, 4) is 0 Å². The first kappa shape index (κ1) is 14.2. The molecular formula is C13H18O6. The van der Waals surface area contributed by atoms with Gasteiger partial charge in [0.2, 0.25) is 0 Å². The summed E-state index contributed by atoms with van der Waals surface area (Å²) in [7, 11) is 1.27. The van der Waals surface area contributed by atoms with Crippen LogP contribution in [0.1, 0.15) is 12.8 Å². The lowest BCUT2D eigenvalue weighted by molar-refractivity contribution is -0.153. The molecule has 6 heteroatoms. The molecule has 0 aromatic carbocycles. The summed E-state index contributed by atoms with van der Waals surface area (Å²) in [5.74, 6) is -1.69. The van der Waals surface area contributed by atoms with E-state index in [1.54, 1.807) is 6.08 Å². The Morgan fingerprint density at radius 1 is 1.53 bits per heavy atom. The first-order valence-electron chi connectivity index (χ1n) is 6.31. The van der Waals surface area contributed by atoms with Crippen LogP contribution in [0.4, 0.5) is 0 Å². The Labute approximate surface area is 111 Å². The average Bonchev–Trinajstić information content (AvgIpc) is 2.91. The fourth-order valence-electron chi connectivity index (χ4n) is 2.66. The van der Waals surface area contributed by atoms with Crippen LogP contribution in [0.3, 0.4) is 0 Å². The number of hydrogen-bond acceptors (Lipinski definition) is 6. The number of aliphatic hydroxyl groups is 1. The highest BCUT2D eigenvalue weighted by Crippen LogP contribution is 2.35. The van der Waals surface area contributed by atoms with Gasteiger partial charge in [-0.3, -0.25) is 9.59 Å². The van der Waals surface area contributed by atoms with E-state index in [-0.39, 0.29) is 6.42 Å². The molecule has 19 heavy (non-hydrogen) atoms. The number of hydrogen-bond donors (Lipinski definition) is 1. The Morgan fingerprint density at radius 2 is 2.21 bits per heavy atom. The van der Waals surface area contributed by atoms with Crippen molar-refractivity contribution in [3.63, 3.8) is 0 Å². The number of rotatable bonds is 4. The van der Waals surface area contributed by atoms with Crippen LogP contribution >= 0.6 is 0 Å². The molecule has 1 N–H and O–H groups in total. The molecule has 0 aromatic heterocycles. The zero-order valence-electron chi connectivity index (χ0n) is 10.8. The second kappa shape index (κ2) is 6.27. The van der Waals surface area contributed by atoms with E-state index in [2.05, 4.69) is 0 Å². The molecule has 3 atom stereocenters. The molecule has 1 saturated heterocycles. The van der Waals surface area contributed by atoms with E-state index in [1.165, 1.54) is 7.11 Å². The van der Waals surface area contributed by atoms with Crippen LogP contribution in [-0.4, -0.2) is 50.1 Å². The minimum atomic E-state index is -0.845. The van der Waals surface area contributed by atoms with Crippen molar-refractivity contribution in [1.82, 2.24) is 0 Å². The molecular weight excluding hydrogens is 252 g/mol. The van der Waals surface area contributed by atoms with Gasteiger partial charge in [-0.2, -0.15) is 0 Å². The van der Waals surface area contributed by atoms with Gasteiger partial charge in [0.1, 0.15) is 6.29 Å². The Balaban J connectivity index is 2.18. The number of allylic oxidation sites excluding steroid dienone is 1. The van der Waals surface area contributed by atoms with Gasteiger partial charge in [-0.15, -0.1) is 0 Å². The molecule has 106 valence electrons. The number of ether oxygens (including phenoxy) is 3. The average molecular weight is 270 g/mol. The van der Waals surface area contributed by atoms with Gasteiger partial charge in [0.05, 0.1) is 32.3 Å². The van der Waals surface area contributed by atoms with Crippen LogP contribution in [0.5, 0.6) is 0 Å². The monoisotopic (exact) mass is 270 g/mol. The molecule has 0 saturated carbocycles. The normalized spacial score (nSPS) is 31.9. The number of methoxy groups -OCH3 is 1. The van der Waals surface area contributed by atoms with E-state index in [9.17, 15) is 14.7 Å². The number of aliphatic hydroxyl groups excluding tert-OH is 1. The summed E-state index contributed by atoms with van der Waals surface area (Å²) in [6.07, 6.45) is 1.74. The maximum absolute atomic E-state index is 11.8. The molecule has 0 spiro atoms. The summed E-state index contributed by atoms with van der Waals surface area (Å²) < 4.78 is 15.4. The Kier molecular flexibility index (Phi) is 4.68. The maximum atomic E-state index is 11.8. The molecule has 2 rings (SSSR count). The summed E-state index contributed by atoms with van der Waals surface area (Å²) in [5.41, 5.74) is 0.500. The molecule has 0 radical (unpaired) electrons. The van der Waals surface area contributed by atoms with Crippen molar-refractivity contribution in [1.29, 1.82) is 0 Å². The summed E-state index contributed by atoms with van der Waals surface area (Å²) in [4.78, 5) is 22.9. The van der Waals surface area contributed by atoms with E-state index < -0.39 is 30.2 Å². The summed E-state index contributed by atoms with van der Waals surface area (Å²) in [6.45, 7) is 1.01. The smallest absolute Gasteiger partial charge is 0.311 e. The molecule has 0 bridgehead atoms. The van der Waals surface area contributed by atoms with Crippen LogP contribution in [0.15, 0.2) is 11.6 Å². The molecule has 6 nitrogen and oxygen atoms in total. The van der Waals surface area contributed by atoms with E-state index in [0.29, 0.717) is 25.2 Å².